The molecule has 2 N–H and O–H groups in total. The summed E-state index contributed by atoms with van der Waals surface area (Å²) in [5.41, 5.74) is 0. The molecule has 5 nitrogen and oxygen atoms in total. The first-order valence-electron chi connectivity index (χ1n) is 7.30. The minimum atomic E-state index is -0.732. The Balaban J connectivity index is 2.37. The van der Waals surface area contributed by atoms with E-state index in [2.05, 4.69) is 43.1 Å². The molecule has 0 radical (unpaired) electrons. The highest BCUT2D eigenvalue weighted by Gasteiger charge is 2.31. The van der Waals surface area contributed by atoms with E-state index in [9.17, 15) is 9.90 Å². The highest BCUT2D eigenvalue weighted by Crippen LogP contribution is 2.20. The van der Waals surface area contributed by atoms with Gasteiger partial charge in [0.2, 0.25) is 0 Å². The quantitative estimate of drug-likeness (QED) is 0.681. The summed E-state index contributed by atoms with van der Waals surface area (Å²) in [5, 5.41) is 12.3. The van der Waals surface area contributed by atoms with Crippen LogP contribution in [0, 0.1) is 5.92 Å². The molecule has 1 heterocycles. The van der Waals surface area contributed by atoms with E-state index >= 15 is 0 Å². The molecular weight excluding hydrogens is 242 g/mol. The molecule has 19 heavy (non-hydrogen) atoms. The van der Waals surface area contributed by atoms with Crippen molar-refractivity contribution in [3.05, 3.63) is 0 Å². The SMILES string of the molecule is CCCNC(CCN1CC(C)C(N(C)C)C1)C(=O)O. The Kier molecular flexibility index (Phi) is 6.75. The van der Waals surface area contributed by atoms with Crippen LogP contribution in [0.15, 0.2) is 0 Å². The summed E-state index contributed by atoms with van der Waals surface area (Å²) in [7, 11) is 4.24. The molecule has 1 saturated heterocycles. The third-order valence-electron chi connectivity index (χ3n) is 3.98. The second-order valence-electron chi connectivity index (χ2n) is 5.90. The number of carbonyl (C=O) groups is 1. The molecule has 0 amide bonds. The summed E-state index contributed by atoms with van der Waals surface area (Å²) < 4.78 is 0. The lowest BCUT2D eigenvalue weighted by atomic mass is 10.1. The van der Waals surface area contributed by atoms with Crippen molar-refractivity contribution in [1.82, 2.24) is 15.1 Å². The van der Waals surface area contributed by atoms with Crippen molar-refractivity contribution in [2.75, 3.05) is 40.3 Å². The molecule has 112 valence electrons. The summed E-state index contributed by atoms with van der Waals surface area (Å²) in [6.45, 7) is 8.08. The molecule has 0 bridgehead atoms. The standard InChI is InChI=1S/C14H29N3O2/c1-5-7-15-12(14(18)19)6-8-17-9-11(2)13(10-17)16(3)4/h11-13,15H,5-10H2,1-4H3,(H,18,19). The summed E-state index contributed by atoms with van der Waals surface area (Å²) in [6, 6.07) is 0.181. The number of nitrogens with one attached hydrogen (secondary N) is 1. The van der Waals surface area contributed by atoms with E-state index in [-0.39, 0.29) is 0 Å². The van der Waals surface area contributed by atoms with Crippen LogP contribution < -0.4 is 5.32 Å². The van der Waals surface area contributed by atoms with E-state index in [1.807, 2.05) is 0 Å². The lowest BCUT2D eigenvalue weighted by Crippen LogP contribution is -2.40. The van der Waals surface area contributed by atoms with Gasteiger partial charge in [0.1, 0.15) is 6.04 Å². The van der Waals surface area contributed by atoms with Crippen molar-refractivity contribution in [2.45, 2.75) is 38.8 Å². The zero-order valence-electron chi connectivity index (χ0n) is 12.7. The van der Waals surface area contributed by atoms with Gasteiger partial charge in [0, 0.05) is 25.7 Å². The minimum absolute atomic E-state index is 0.409. The molecule has 0 aromatic heterocycles. The molecule has 0 spiro atoms. The average Bonchev–Trinajstić information content (AvgIpc) is 2.70. The molecule has 5 heteroatoms. The zero-order chi connectivity index (χ0) is 14.4. The molecule has 3 atom stereocenters. The van der Waals surface area contributed by atoms with Crippen LogP contribution in [0.5, 0.6) is 0 Å². The third kappa shape index (κ3) is 5.09. The summed E-state index contributed by atoms with van der Waals surface area (Å²) >= 11 is 0. The van der Waals surface area contributed by atoms with Gasteiger partial charge >= 0.3 is 5.97 Å². The van der Waals surface area contributed by atoms with Crippen molar-refractivity contribution < 1.29 is 9.90 Å². The first-order valence-corrected chi connectivity index (χ1v) is 7.30. The van der Waals surface area contributed by atoms with E-state index < -0.39 is 12.0 Å². The number of rotatable bonds is 8. The molecule has 3 unspecified atom stereocenters. The van der Waals surface area contributed by atoms with E-state index in [1.165, 1.54) is 0 Å². The van der Waals surface area contributed by atoms with Crippen LogP contribution in [0.25, 0.3) is 0 Å². The predicted octanol–water partition coefficient (Wildman–Crippen LogP) is 0.711. The van der Waals surface area contributed by atoms with Gasteiger partial charge in [0.15, 0.2) is 0 Å². The van der Waals surface area contributed by atoms with Crippen LogP contribution in [0.1, 0.15) is 26.7 Å². The Morgan fingerprint density at radius 2 is 2.16 bits per heavy atom. The van der Waals surface area contributed by atoms with Gasteiger partial charge in [-0.15, -0.1) is 0 Å². The molecule has 1 aliphatic rings. The van der Waals surface area contributed by atoms with Gasteiger partial charge in [0.05, 0.1) is 0 Å². The Labute approximate surface area is 117 Å². The Hall–Kier alpha value is -0.650. The number of likely N-dealkylation sites (tertiary alicyclic amines) is 1. The van der Waals surface area contributed by atoms with Crippen LogP contribution in [-0.4, -0.2) is 73.2 Å². The number of carboxylic acids is 1. The van der Waals surface area contributed by atoms with Crippen LogP contribution in [0.4, 0.5) is 0 Å². The molecule has 1 fully saturated rings. The molecule has 0 saturated carbocycles. The van der Waals surface area contributed by atoms with Crippen molar-refractivity contribution in [3.63, 3.8) is 0 Å². The lowest BCUT2D eigenvalue weighted by Gasteiger charge is -2.23. The van der Waals surface area contributed by atoms with Crippen LogP contribution in [0.3, 0.4) is 0 Å². The Morgan fingerprint density at radius 1 is 1.47 bits per heavy atom. The maximum atomic E-state index is 11.2. The number of aliphatic carboxylic acids is 1. The normalized spacial score (nSPS) is 25.9. The highest BCUT2D eigenvalue weighted by molar-refractivity contribution is 5.73. The zero-order valence-corrected chi connectivity index (χ0v) is 12.7. The van der Waals surface area contributed by atoms with Crippen LogP contribution >= 0.6 is 0 Å². The second kappa shape index (κ2) is 7.82. The van der Waals surface area contributed by atoms with Crippen molar-refractivity contribution >= 4 is 5.97 Å². The number of nitrogens with zero attached hydrogens (tertiary/aromatic N) is 2. The smallest absolute Gasteiger partial charge is 0.320 e. The monoisotopic (exact) mass is 271 g/mol. The third-order valence-corrected chi connectivity index (χ3v) is 3.98. The molecule has 1 aliphatic heterocycles. The molecule has 0 aliphatic carbocycles. The first-order chi connectivity index (χ1) is 8.95. The van der Waals surface area contributed by atoms with E-state index in [1.54, 1.807) is 0 Å². The average molecular weight is 271 g/mol. The van der Waals surface area contributed by atoms with Gasteiger partial charge in [0.25, 0.3) is 0 Å². The van der Waals surface area contributed by atoms with Crippen LogP contribution in [-0.2, 0) is 4.79 Å². The van der Waals surface area contributed by atoms with Crippen molar-refractivity contribution in [3.8, 4) is 0 Å². The van der Waals surface area contributed by atoms with E-state index in [0.717, 1.165) is 32.6 Å². The topological polar surface area (TPSA) is 55.8 Å². The van der Waals surface area contributed by atoms with Crippen molar-refractivity contribution in [2.24, 2.45) is 5.92 Å². The second-order valence-corrected chi connectivity index (χ2v) is 5.90. The number of hydrogen-bond acceptors (Lipinski definition) is 4. The first kappa shape index (κ1) is 16.4. The summed E-state index contributed by atoms with van der Waals surface area (Å²) in [6.07, 6.45) is 1.65. The maximum absolute atomic E-state index is 11.2. The maximum Gasteiger partial charge on any atom is 0.320 e. The number of carboxylic acid groups (broad SMARTS) is 1. The highest BCUT2D eigenvalue weighted by atomic mass is 16.4. The predicted molar refractivity (Wildman–Crippen MR) is 77.4 cm³/mol. The largest absolute Gasteiger partial charge is 0.480 e. The summed E-state index contributed by atoms with van der Waals surface area (Å²) in [5.74, 6) is -0.0771. The van der Waals surface area contributed by atoms with Crippen LogP contribution in [0.2, 0.25) is 0 Å². The Morgan fingerprint density at radius 3 is 2.63 bits per heavy atom. The number of likely N-dealkylation sites (N-methyl/N-ethyl adjacent to an activating group) is 1. The lowest BCUT2D eigenvalue weighted by molar-refractivity contribution is -0.139. The molecule has 0 aromatic rings. The number of hydrogen-bond donors (Lipinski definition) is 2. The van der Waals surface area contributed by atoms with E-state index in [4.69, 9.17) is 0 Å². The molecule has 1 rings (SSSR count). The fourth-order valence-electron chi connectivity index (χ4n) is 2.85. The van der Waals surface area contributed by atoms with Gasteiger partial charge in [-0.2, -0.15) is 0 Å². The molecular formula is C14H29N3O2. The van der Waals surface area contributed by atoms with Gasteiger partial charge < -0.3 is 20.2 Å². The summed E-state index contributed by atoms with van der Waals surface area (Å²) in [4.78, 5) is 15.8. The van der Waals surface area contributed by atoms with Crippen molar-refractivity contribution in [1.29, 1.82) is 0 Å². The minimum Gasteiger partial charge on any atom is -0.480 e. The fraction of sp³-hybridized carbons (Fsp3) is 0.929. The van der Waals surface area contributed by atoms with Gasteiger partial charge in [-0.3, -0.25) is 4.79 Å². The van der Waals surface area contributed by atoms with E-state index in [0.29, 0.717) is 18.4 Å². The molecule has 0 aromatic carbocycles. The van der Waals surface area contributed by atoms with Gasteiger partial charge in [-0.25, -0.2) is 0 Å². The van der Waals surface area contributed by atoms with Gasteiger partial charge in [-0.05, 0) is 39.4 Å². The fourth-order valence-corrected chi connectivity index (χ4v) is 2.85. The Bertz CT molecular complexity index is 284. The van der Waals surface area contributed by atoms with Gasteiger partial charge in [-0.1, -0.05) is 13.8 Å².